The van der Waals surface area contributed by atoms with Gasteiger partial charge in [0.15, 0.2) is 0 Å². The molecule has 0 saturated heterocycles. The summed E-state index contributed by atoms with van der Waals surface area (Å²) in [5.41, 5.74) is 7.29. The van der Waals surface area contributed by atoms with Gasteiger partial charge in [-0.3, -0.25) is 4.79 Å². The van der Waals surface area contributed by atoms with Crippen molar-refractivity contribution < 1.29 is 30.3 Å². The van der Waals surface area contributed by atoms with Gasteiger partial charge in [0.2, 0.25) is 0 Å². The fraction of sp³-hybridized carbons (Fsp3) is 0.690. The maximum Gasteiger partial charge on any atom is 0.309 e. The molecule has 1 aromatic carbocycles. The molecule has 9 unspecified atom stereocenters. The fourth-order valence-electron chi connectivity index (χ4n) is 8.76. The number of hydrogen-bond donors (Lipinski definition) is 8. The van der Waals surface area contributed by atoms with Gasteiger partial charge >= 0.3 is 5.97 Å². The standard InChI is InChI=1S/C42H67N3O6/c1-3-4-6-10-30-15-16-33(39(48)24-30)12-7-5-8-14-37(41(49)50)38(47)17-19-42(51)26-34(22-32-18-20-44-40(43)25-32)35(27-42)28-45-29(2)21-31-11-9-13-36(46)23-31/h9,11,13,15-16,18,23,25,29-30,33-35,37-39,44-48,51H,3-8,10,12,14,17,19-22,24,26-28,43H2,1-2H3,(H,49,50). The van der Waals surface area contributed by atoms with Gasteiger partial charge in [-0.1, -0.05) is 75.8 Å². The molecule has 9 nitrogen and oxygen atoms in total. The van der Waals surface area contributed by atoms with Gasteiger partial charge in [0.1, 0.15) is 5.75 Å². The van der Waals surface area contributed by atoms with Crippen molar-refractivity contribution in [2.24, 2.45) is 35.3 Å². The summed E-state index contributed by atoms with van der Waals surface area (Å²) in [5.74, 6) is 0.115. The molecule has 0 aromatic heterocycles. The Bertz CT molecular complexity index is 1320. The number of hydrogen-bond acceptors (Lipinski definition) is 8. The topological polar surface area (TPSA) is 168 Å². The van der Waals surface area contributed by atoms with Crippen LogP contribution in [0.1, 0.15) is 116 Å². The van der Waals surface area contributed by atoms with E-state index in [2.05, 4.69) is 42.7 Å². The molecule has 9 heteroatoms. The number of carboxylic acids is 1. The minimum atomic E-state index is -1.02. The summed E-state index contributed by atoms with van der Waals surface area (Å²) in [7, 11) is 0. The predicted molar refractivity (Wildman–Crippen MR) is 204 cm³/mol. The molecular formula is C42H67N3O6. The highest BCUT2D eigenvalue weighted by Gasteiger charge is 2.44. The third-order valence-electron chi connectivity index (χ3n) is 11.7. The molecule has 0 amide bonds. The summed E-state index contributed by atoms with van der Waals surface area (Å²) in [5, 5.41) is 60.3. The predicted octanol–water partition coefficient (Wildman–Crippen LogP) is 6.32. The number of carbonyl (C=O) groups is 1. The minimum Gasteiger partial charge on any atom is -0.508 e. The zero-order valence-corrected chi connectivity index (χ0v) is 31.2. The highest BCUT2D eigenvalue weighted by molar-refractivity contribution is 5.70. The highest BCUT2D eigenvalue weighted by Crippen LogP contribution is 2.45. The number of unbranched alkanes of at least 4 members (excludes halogenated alkanes) is 4. The molecule has 1 heterocycles. The van der Waals surface area contributed by atoms with Crippen LogP contribution in [0.5, 0.6) is 5.75 Å². The molecular weight excluding hydrogens is 642 g/mol. The van der Waals surface area contributed by atoms with Crippen molar-refractivity contribution in [3.05, 3.63) is 65.5 Å². The Balaban J connectivity index is 1.25. The van der Waals surface area contributed by atoms with E-state index < -0.39 is 23.6 Å². The Hall–Kier alpha value is -2.85. The van der Waals surface area contributed by atoms with Crippen molar-refractivity contribution in [1.82, 2.24) is 10.6 Å². The van der Waals surface area contributed by atoms with Gasteiger partial charge in [-0.15, -0.1) is 0 Å². The maximum absolute atomic E-state index is 12.2. The third kappa shape index (κ3) is 13.6. The molecule has 0 radical (unpaired) electrons. The van der Waals surface area contributed by atoms with E-state index in [4.69, 9.17) is 5.73 Å². The maximum atomic E-state index is 12.2. The van der Waals surface area contributed by atoms with Gasteiger partial charge in [0.25, 0.3) is 0 Å². The average molecular weight is 710 g/mol. The van der Waals surface area contributed by atoms with Crippen LogP contribution in [0, 0.1) is 29.6 Å². The summed E-state index contributed by atoms with van der Waals surface area (Å²) in [6.07, 6.45) is 20.0. The normalized spacial score (nSPS) is 28.1. The Kier molecular flexibility index (Phi) is 16.4. The van der Waals surface area contributed by atoms with Crippen molar-refractivity contribution in [2.75, 3.05) is 13.1 Å². The first-order valence-corrected chi connectivity index (χ1v) is 19.9. The lowest BCUT2D eigenvalue weighted by atomic mass is 9.81. The number of phenolic OH excluding ortho intramolecular Hbond substituents is 1. The van der Waals surface area contributed by atoms with Gasteiger partial charge in [-0.05, 0) is 125 Å². The molecule has 2 aliphatic carbocycles. The molecule has 286 valence electrons. The van der Waals surface area contributed by atoms with Crippen LogP contribution in [-0.2, 0) is 11.2 Å². The monoisotopic (exact) mass is 710 g/mol. The highest BCUT2D eigenvalue weighted by atomic mass is 16.4. The second-order valence-electron chi connectivity index (χ2n) is 16.1. The van der Waals surface area contributed by atoms with Crippen LogP contribution >= 0.6 is 0 Å². The number of nitrogens with one attached hydrogen (secondary N) is 2. The zero-order chi connectivity index (χ0) is 36.8. The van der Waals surface area contributed by atoms with Crippen LogP contribution in [0.4, 0.5) is 0 Å². The second-order valence-corrected chi connectivity index (χ2v) is 16.1. The van der Waals surface area contributed by atoms with Gasteiger partial charge in [0, 0.05) is 18.5 Å². The molecule has 1 fully saturated rings. The molecule has 1 saturated carbocycles. The number of rotatable bonds is 22. The lowest BCUT2D eigenvalue weighted by molar-refractivity contribution is -0.146. The number of aromatic hydroxyl groups is 1. The number of aliphatic hydroxyl groups is 3. The van der Waals surface area contributed by atoms with E-state index in [-0.39, 0.29) is 42.1 Å². The Morgan fingerprint density at radius 1 is 1.08 bits per heavy atom. The van der Waals surface area contributed by atoms with Gasteiger partial charge in [-0.25, -0.2) is 0 Å². The number of nitrogens with two attached hydrogens (primary N) is 1. The Morgan fingerprint density at radius 2 is 1.86 bits per heavy atom. The van der Waals surface area contributed by atoms with E-state index in [1.165, 1.54) is 19.3 Å². The summed E-state index contributed by atoms with van der Waals surface area (Å²) in [6, 6.07) is 7.49. The van der Waals surface area contributed by atoms with Gasteiger partial charge in [-0.2, -0.15) is 0 Å². The quantitative estimate of drug-likeness (QED) is 0.0508. The number of benzene rings is 1. The lowest BCUT2D eigenvalue weighted by Gasteiger charge is -2.28. The third-order valence-corrected chi connectivity index (χ3v) is 11.7. The molecule has 0 spiro atoms. The van der Waals surface area contributed by atoms with Crippen molar-refractivity contribution >= 4 is 5.97 Å². The fourth-order valence-corrected chi connectivity index (χ4v) is 8.76. The molecule has 1 aliphatic heterocycles. The summed E-state index contributed by atoms with van der Waals surface area (Å²) in [6.45, 7) is 5.74. The first-order chi connectivity index (χ1) is 24.4. The van der Waals surface area contributed by atoms with Crippen molar-refractivity contribution in [2.45, 2.75) is 140 Å². The summed E-state index contributed by atoms with van der Waals surface area (Å²) in [4.78, 5) is 12.2. The minimum absolute atomic E-state index is 0.171. The second kappa shape index (κ2) is 20.4. The molecule has 51 heavy (non-hydrogen) atoms. The number of carboxylic acid groups (broad SMARTS) is 1. The van der Waals surface area contributed by atoms with E-state index >= 15 is 0 Å². The number of dihydropyridines is 1. The summed E-state index contributed by atoms with van der Waals surface area (Å²) >= 11 is 0. The van der Waals surface area contributed by atoms with E-state index in [0.29, 0.717) is 50.4 Å². The van der Waals surface area contributed by atoms with Crippen LogP contribution in [0.25, 0.3) is 0 Å². The van der Waals surface area contributed by atoms with Gasteiger partial charge < -0.3 is 41.9 Å². The van der Waals surface area contributed by atoms with E-state index in [9.17, 15) is 30.3 Å². The first-order valence-electron chi connectivity index (χ1n) is 19.9. The van der Waals surface area contributed by atoms with Crippen LogP contribution in [-0.4, -0.2) is 68.4 Å². The van der Waals surface area contributed by atoms with E-state index in [0.717, 1.165) is 62.6 Å². The van der Waals surface area contributed by atoms with Crippen molar-refractivity contribution in [3.8, 4) is 5.75 Å². The smallest absolute Gasteiger partial charge is 0.309 e. The van der Waals surface area contributed by atoms with E-state index in [1.54, 1.807) is 12.1 Å². The molecule has 9 atom stereocenters. The largest absolute Gasteiger partial charge is 0.508 e. The number of aliphatic carboxylic acids is 1. The first kappa shape index (κ1) is 40.9. The number of allylic oxidation sites excluding steroid dienone is 3. The average Bonchev–Trinajstić information content (AvgIpc) is 3.39. The molecule has 1 aromatic rings. The van der Waals surface area contributed by atoms with Crippen LogP contribution in [0.15, 0.2) is 60.0 Å². The van der Waals surface area contributed by atoms with Crippen LogP contribution < -0.4 is 16.4 Å². The SMILES string of the molecule is CCCCCC1C=CC(CCCCCC(C(=O)O)C(O)CCC2(O)CC(CNC(C)Cc3cccc(O)c3)C(CC3=CCNC(N)=C3)C2)C(O)C1. The zero-order valence-electron chi connectivity index (χ0n) is 31.2. The number of aliphatic hydroxyl groups excluding tert-OH is 2. The molecule has 0 bridgehead atoms. The van der Waals surface area contributed by atoms with Crippen LogP contribution in [0.2, 0.25) is 0 Å². The van der Waals surface area contributed by atoms with Crippen molar-refractivity contribution in [3.63, 3.8) is 0 Å². The van der Waals surface area contributed by atoms with E-state index in [1.807, 2.05) is 18.2 Å². The molecule has 9 N–H and O–H groups in total. The molecule has 3 aliphatic rings. The van der Waals surface area contributed by atoms with Gasteiger partial charge in [0.05, 0.1) is 29.5 Å². The number of phenols is 1. The molecule has 4 rings (SSSR count). The van der Waals surface area contributed by atoms with Crippen molar-refractivity contribution in [1.29, 1.82) is 0 Å². The Labute approximate surface area is 306 Å². The summed E-state index contributed by atoms with van der Waals surface area (Å²) < 4.78 is 0. The lowest BCUT2D eigenvalue weighted by Crippen LogP contribution is -2.35. The Morgan fingerprint density at radius 3 is 2.59 bits per heavy atom. The van der Waals surface area contributed by atoms with Crippen LogP contribution in [0.3, 0.4) is 0 Å².